The summed E-state index contributed by atoms with van der Waals surface area (Å²) in [4.78, 5) is -0.199. The van der Waals surface area contributed by atoms with E-state index in [1.807, 2.05) is 0 Å². The average Bonchev–Trinajstić information content (AvgIpc) is 2.91. The number of anilines is 2. The minimum atomic E-state index is -3.91. The third-order valence-corrected chi connectivity index (χ3v) is 4.37. The molecule has 0 fully saturated rings. The summed E-state index contributed by atoms with van der Waals surface area (Å²) in [5.41, 5.74) is 6.29. The predicted molar refractivity (Wildman–Crippen MR) is 77.7 cm³/mol. The number of nitrogen functional groups attached to an aromatic ring is 1. The van der Waals surface area contributed by atoms with E-state index in [0.717, 1.165) is 6.07 Å². The molecular weight excluding hydrogens is 295 g/mol. The number of benzene rings is 2. The second kappa shape index (κ2) is 4.74. The van der Waals surface area contributed by atoms with Crippen LogP contribution in [-0.2, 0) is 10.0 Å². The number of fused-ring (bicyclic) bond motifs is 1. The average molecular weight is 306 g/mol. The lowest BCUT2D eigenvalue weighted by Crippen LogP contribution is -2.13. The summed E-state index contributed by atoms with van der Waals surface area (Å²) in [6, 6.07) is 8.39. The number of nitrogens with one attached hydrogen (secondary N) is 2. The van der Waals surface area contributed by atoms with Gasteiger partial charge in [-0.3, -0.25) is 9.82 Å². The molecule has 1 heterocycles. The molecule has 0 aliphatic heterocycles. The van der Waals surface area contributed by atoms with E-state index in [2.05, 4.69) is 14.9 Å². The molecule has 0 atom stereocenters. The van der Waals surface area contributed by atoms with Gasteiger partial charge >= 0.3 is 0 Å². The molecule has 3 rings (SSSR count). The van der Waals surface area contributed by atoms with Gasteiger partial charge in [0.1, 0.15) is 5.82 Å². The number of hydrogen-bond acceptors (Lipinski definition) is 4. The fraction of sp³-hybridized carbons (Fsp3) is 0. The molecular formula is C13H11FN4O2S. The molecule has 0 aliphatic rings. The van der Waals surface area contributed by atoms with E-state index < -0.39 is 15.8 Å². The molecule has 0 bridgehead atoms. The molecule has 0 saturated heterocycles. The fourth-order valence-electron chi connectivity index (χ4n) is 1.94. The van der Waals surface area contributed by atoms with Crippen LogP contribution in [0.3, 0.4) is 0 Å². The molecule has 6 nitrogen and oxygen atoms in total. The van der Waals surface area contributed by atoms with Crippen LogP contribution in [0.4, 0.5) is 15.8 Å². The highest BCUT2D eigenvalue weighted by atomic mass is 32.2. The Kier molecular flexibility index (Phi) is 3.02. The molecule has 108 valence electrons. The maximum atomic E-state index is 13.4. The van der Waals surface area contributed by atoms with Gasteiger partial charge in [0, 0.05) is 5.39 Å². The Morgan fingerprint density at radius 3 is 2.81 bits per heavy atom. The smallest absolute Gasteiger partial charge is 0.262 e. The largest absolute Gasteiger partial charge is 0.396 e. The Labute approximate surface area is 119 Å². The molecule has 8 heteroatoms. The van der Waals surface area contributed by atoms with E-state index in [-0.39, 0.29) is 10.6 Å². The number of nitrogens with zero attached hydrogens (tertiary/aromatic N) is 1. The van der Waals surface area contributed by atoms with Crippen molar-refractivity contribution in [3.63, 3.8) is 0 Å². The van der Waals surface area contributed by atoms with Crippen LogP contribution in [-0.4, -0.2) is 18.6 Å². The monoisotopic (exact) mass is 306 g/mol. The van der Waals surface area contributed by atoms with Crippen molar-refractivity contribution in [2.24, 2.45) is 0 Å². The van der Waals surface area contributed by atoms with Gasteiger partial charge in [-0.25, -0.2) is 12.8 Å². The van der Waals surface area contributed by atoms with Crippen molar-refractivity contribution in [2.45, 2.75) is 4.90 Å². The highest BCUT2D eigenvalue weighted by Gasteiger charge is 2.17. The van der Waals surface area contributed by atoms with Crippen molar-refractivity contribution in [1.29, 1.82) is 0 Å². The molecule has 4 N–H and O–H groups in total. The number of H-pyrrole nitrogens is 1. The number of aromatic amines is 1. The molecule has 0 unspecified atom stereocenters. The molecule has 3 aromatic rings. The Morgan fingerprint density at radius 2 is 2.05 bits per heavy atom. The molecule has 21 heavy (non-hydrogen) atoms. The number of sulfonamides is 1. The van der Waals surface area contributed by atoms with E-state index in [0.29, 0.717) is 16.6 Å². The lowest BCUT2D eigenvalue weighted by molar-refractivity contribution is 0.596. The van der Waals surface area contributed by atoms with Crippen molar-refractivity contribution in [3.05, 3.63) is 48.4 Å². The molecule has 0 saturated carbocycles. The van der Waals surface area contributed by atoms with Gasteiger partial charge in [0.25, 0.3) is 10.0 Å². The maximum Gasteiger partial charge on any atom is 0.262 e. The highest BCUT2D eigenvalue weighted by Crippen LogP contribution is 2.25. The first-order valence-electron chi connectivity index (χ1n) is 5.97. The second-order valence-electron chi connectivity index (χ2n) is 4.43. The van der Waals surface area contributed by atoms with Gasteiger partial charge in [-0.05, 0) is 30.3 Å². The summed E-state index contributed by atoms with van der Waals surface area (Å²) >= 11 is 0. The molecule has 0 aliphatic carbocycles. The van der Waals surface area contributed by atoms with Crippen molar-refractivity contribution >= 4 is 32.3 Å². The van der Waals surface area contributed by atoms with E-state index in [4.69, 9.17) is 5.73 Å². The number of hydrogen-bond donors (Lipinski definition) is 3. The summed E-state index contributed by atoms with van der Waals surface area (Å²) in [6.07, 6.45) is 1.51. The summed E-state index contributed by atoms with van der Waals surface area (Å²) in [6.45, 7) is 0. The third kappa shape index (κ3) is 2.40. The minimum absolute atomic E-state index is 0.106. The second-order valence-corrected chi connectivity index (χ2v) is 6.11. The summed E-state index contributed by atoms with van der Waals surface area (Å²) in [7, 11) is -3.91. The van der Waals surface area contributed by atoms with Gasteiger partial charge in [0.05, 0.1) is 28.0 Å². The Balaban J connectivity index is 2.03. The van der Waals surface area contributed by atoms with Crippen molar-refractivity contribution < 1.29 is 12.8 Å². The van der Waals surface area contributed by atoms with E-state index in [1.54, 1.807) is 18.2 Å². The summed E-state index contributed by atoms with van der Waals surface area (Å²) in [5, 5.41) is 7.22. The first kappa shape index (κ1) is 13.4. The van der Waals surface area contributed by atoms with Gasteiger partial charge in [-0.15, -0.1) is 0 Å². The first-order chi connectivity index (χ1) is 9.97. The number of nitrogens with two attached hydrogens (primary N) is 1. The van der Waals surface area contributed by atoms with Gasteiger partial charge in [-0.2, -0.15) is 5.10 Å². The fourth-order valence-corrected chi connectivity index (χ4v) is 3.03. The quantitative estimate of drug-likeness (QED) is 0.645. The Morgan fingerprint density at radius 1 is 1.24 bits per heavy atom. The summed E-state index contributed by atoms with van der Waals surface area (Å²) < 4.78 is 40.4. The third-order valence-electron chi connectivity index (χ3n) is 3.01. The van der Waals surface area contributed by atoms with Crippen LogP contribution in [0.1, 0.15) is 0 Å². The van der Waals surface area contributed by atoms with Crippen LogP contribution in [0.15, 0.2) is 47.5 Å². The van der Waals surface area contributed by atoms with Crippen molar-refractivity contribution in [1.82, 2.24) is 10.2 Å². The lowest BCUT2D eigenvalue weighted by atomic mass is 10.2. The predicted octanol–water partition coefficient (Wildman–Crippen LogP) is 2.08. The topological polar surface area (TPSA) is 101 Å². The molecule has 0 radical (unpaired) electrons. The van der Waals surface area contributed by atoms with Gasteiger partial charge in [0.2, 0.25) is 0 Å². The van der Waals surface area contributed by atoms with E-state index in [9.17, 15) is 12.8 Å². The number of halogens is 1. The van der Waals surface area contributed by atoms with Crippen LogP contribution in [0, 0.1) is 5.82 Å². The normalized spacial score (nSPS) is 11.7. The molecule has 0 amide bonds. The highest BCUT2D eigenvalue weighted by molar-refractivity contribution is 7.92. The van der Waals surface area contributed by atoms with E-state index >= 15 is 0 Å². The molecule has 2 aromatic carbocycles. The van der Waals surface area contributed by atoms with Crippen molar-refractivity contribution in [2.75, 3.05) is 10.5 Å². The maximum absolute atomic E-state index is 13.4. The zero-order chi connectivity index (χ0) is 15.0. The van der Waals surface area contributed by atoms with Crippen LogP contribution in [0.2, 0.25) is 0 Å². The van der Waals surface area contributed by atoms with Crippen LogP contribution < -0.4 is 10.5 Å². The van der Waals surface area contributed by atoms with Gasteiger partial charge in [0.15, 0.2) is 0 Å². The van der Waals surface area contributed by atoms with E-state index in [1.165, 1.54) is 18.3 Å². The standard InChI is InChI=1S/C13H11FN4O2S/c14-10-6-8(4-5-11(10)15)21(19,20)18-13-3-1-2-12-9(13)7-16-17-12/h1-7,18H,15H2,(H,16,17). The Hall–Kier alpha value is -2.61. The Bertz CT molecular complexity index is 921. The van der Waals surface area contributed by atoms with Crippen LogP contribution >= 0.6 is 0 Å². The zero-order valence-electron chi connectivity index (χ0n) is 10.7. The van der Waals surface area contributed by atoms with Crippen molar-refractivity contribution in [3.8, 4) is 0 Å². The first-order valence-corrected chi connectivity index (χ1v) is 7.45. The van der Waals surface area contributed by atoms with Crippen LogP contribution in [0.5, 0.6) is 0 Å². The minimum Gasteiger partial charge on any atom is -0.396 e. The lowest BCUT2D eigenvalue weighted by Gasteiger charge is -2.09. The van der Waals surface area contributed by atoms with Gasteiger partial charge < -0.3 is 5.73 Å². The number of aromatic nitrogens is 2. The molecule has 0 spiro atoms. The van der Waals surface area contributed by atoms with Crippen LogP contribution in [0.25, 0.3) is 10.9 Å². The summed E-state index contributed by atoms with van der Waals surface area (Å²) in [5.74, 6) is -0.778. The molecule has 1 aromatic heterocycles. The number of rotatable bonds is 3. The SMILES string of the molecule is Nc1ccc(S(=O)(=O)Nc2cccc3[nH]ncc23)cc1F. The zero-order valence-corrected chi connectivity index (χ0v) is 11.5. The van der Waals surface area contributed by atoms with Gasteiger partial charge in [-0.1, -0.05) is 6.07 Å².